The fraction of sp³-hybridized carbons (Fsp3) is 0.188. The third-order valence-corrected chi connectivity index (χ3v) is 5.61. The molecule has 0 atom stereocenters. The molecule has 1 aromatic carbocycles. The molecule has 7 nitrogen and oxygen atoms in total. The van der Waals surface area contributed by atoms with Crippen molar-refractivity contribution < 1.29 is 13.2 Å². The first-order valence-electron chi connectivity index (χ1n) is 7.56. The second kappa shape index (κ2) is 6.81. The molecule has 0 aliphatic heterocycles. The van der Waals surface area contributed by atoms with Crippen molar-refractivity contribution in [3.8, 4) is 0 Å². The largest absolute Gasteiger partial charge is 0.321 e. The number of halogens is 1. The molecule has 25 heavy (non-hydrogen) atoms. The molecule has 0 fully saturated rings. The van der Waals surface area contributed by atoms with Crippen LogP contribution in [0.4, 0.5) is 5.69 Å². The van der Waals surface area contributed by atoms with E-state index < -0.39 is 15.7 Å². The Bertz CT molecular complexity index is 1050. The van der Waals surface area contributed by atoms with Gasteiger partial charge in [0.2, 0.25) is 9.84 Å². The number of fused-ring (bicyclic) bond motifs is 1. The van der Waals surface area contributed by atoms with Gasteiger partial charge in [0.25, 0.3) is 11.1 Å². The van der Waals surface area contributed by atoms with Crippen LogP contribution in [0.5, 0.6) is 0 Å². The molecule has 0 saturated heterocycles. The van der Waals surface area contributed by atoms with Gasteiger partial charge in [-0.1, -0.05) is 30.7 Å². The molecule has 0 bridgehead atoms. The van der Waals surface area contributed by atoms with E-state index in [1.807, 2.05) is 0 Å². The molecule has 9 heteroatoms. The zero-order valence-electron chi connectivity index (χ0n) is 13.3. The second-order valence-corrected chi connectivity index (χ2v) is 7.79. The minimum Gasteiger partial charge on any atom is -0.321 e. The van der Waals surface area contributed by atoms with Gasteiger partial charge in [-0.05, 0) is 30.7 Å². The van der Waals surface area contributed by atoms with Crippen LogP contribution in [0.2, 0.25) is 5.02 Å². The number of nitrogens with one attached hydrogen (secondary N) is 1. The van der Waals surface area contributed by atoms with E-state index in [1.54, 1.807) is 43.3 Å². The van der Waals surface area contributed by atoms with Gasteiger partial charge in [0.15, 0.2) is 5.65 Å². The van der Waals surface area contributed by atoms with Crippen LogP contribution in [-0.4, -0.2) is 34.7 Å². The van der Waals surface area contributed by atoms with Gasteiger partial charge >= 0.3 is 0 Å². The minimum absolute atomic E-state index is 0.0238. The lowest BCUT2D eigenvalue weighted by Gasteiger charge is -2.08. The molecular weight excluding hydrogens is 364 g/mol. The van der Waals surface area contributed by atoms with Crippen molar-refractivity contribution in [2.45, 2.75) is 18.5 Å². The van der Waals surface area contributed by atoms with Crippen molar-refractivity contribution in [1.29, 1.82) is 0 Å². The normalized spacial score (nSPS) is 11.6. The lowest BCUT2D eigenvalue weighted by Crippen LogP contribution is -2.14. The third-order valence-electron chi connectivity index (χ3n) is 3.50. The van der Waals surface area contributed by atoms with E-state index in [0.29, 0.717) is 28.3 Å². The number of amides is 1. The van der Waals surface area contributed by atoms with Gasteiger partial charge in [-0.15, -0.1) is 10.2 Å². The lowest BCUT2D eigenvalue weighted by molar-refractivity contribution is 0.102. The number of benzene rings is 1. The molecular formula is C16H15ClN4O3S. The van der Waals surface area contributed by atoms with Gasteiger partial charge in [0, 0.05) is 6.20 Å². The quantitative estimate of drug-likeness (QED) is 0.736. The summed E-state index contributed by atoms with van der Waals surface area (Å²) >= 11 is 6.02. The van der Waals surface area contributed by atoms with Crippen LogP contribution in [0.3, 0.4) is 0 Å². The summed E-state index contributed by atoms with van der Waals surface area (Å²) in [7, 11) is -3.54. The van der Waals surface area contributed by atoms with Gasteiger partial charge in [-0.25, -0.2) is 8.42 Å². The average Bonchev–Trinajstić information content (AvgIpc) is 2.99. The van der Waals surface area contributed by atoms with Crippen molar-refractivity contribution in [3.63, 3.8) is 0 Å². The van der Waals surface area contributed by atoms with Crippen molar-refractivity contribution in [1.82, 2.24) is 14.6 Å². The summed E-state index contributed by atoms with van der Waals surface area (Å²) in [4.78, 5) is 12.3. The van der Waals surface area contributed by atoms with E-state index >= 15 is 0 Å². The van der Waals surface area contributed by atoms with Crippen molar-refractivity contribution in [3.05, 3.63) is 53.2 Å². The zero-order chi connectivity index (χ0) is 18.0. The molecule has 2 heterocycles. The number of aromatic nitrogens is 3. The van der Waals surface area contributed by atoms with Gasteiger partial charge in [-0.2, -0.15) is 0 Å². The van der Waals surface area contributed by atoms with Crippen molar-refractivity contribution in [2.75, 3.05) is 11.1 Å². The lowest BCUT2D eigenvalue weighted by atomic mass is 10.2. The Kier molecular flexibility index (Phi) is 4.73. The Hall–Kier alpha value is -2.45. The number of pyridine rings is 1. The maximum atomic E-state index is 12.3. The van der Waals surface area contributed by atoms with E-state index in [4.69, 9.17) is 11.6 Å². The first-order chi connectivity index (χ1) is 11.9. The molecule has 0 aliphatic carbocycles. The Balaban J connectivity index is 1.96. The smallest absolute Gasteiger partial charge is 0.257 e. The number of hydrogen-bond acceptors (Lipinski definition) is 5. The van der Waals surface area contributed by atoms with Gasteiger partial charge in [0.05, 0.1) is 22.0 Å². The van der Waals surface area contributed by atoms with Crippen LogP contribution < -0.4 is 5.32 Å². The Morgan fingerprint density at radius 2 is 1.96 bits per heavy atom. The molecule has 2 aromatic heterocycles. The molecule has 0 aliphatic rings. The maximum Gasteiger partial charge on any atom is 0.257 e. The highest BCUT2D eigenvalue weighted by Crippen LogP contribution is 2.19. The number of carbonyl (C=O) groups is 1. The predicted octanol–water partition coefficient (Wildman–Crippen LogP) is 2.82. The molecule has 1 amide bonds. The number of sulfone groups is 1. The Labute approximate surface area is 149 Å². The van der Waals surface area contributed by atoms with Crippen LogP contribution in [0.25, 0.3) is 5.65 Å². The molecule has 0 radical (unpaired) electrons. The average molecular weight is 379 g/mol. The minimum atomic E-state index is -3.54. The number of carbonyl (C=O) groups excluding carboxylic acids is 1. The first kappa shape index (κ1) is 17.4. The van der Waals surface area contributed by atoms with Gasteiger partial charge in [-0.3, -0.25) is 9.20 Å². The van der Waals surface area contributed by atoms with Crippen molar-refractivity contribution in [2.24, 2.45) is 0 Å². The summed E-state index contributed by atoms with van der Waals surface area (Å²) in [6.07, 6.45) is 1.95. The molecule has 0 spiro atoms. The zero-order valence-corrected chi connectivity index (χ0v) is 14.9. The SMILES string of the molecule is CCCS(=O)(=O)c1nnc2ccc(NC(=O)c3ccccc3Cl)cn12. The van der Waals surface area contributed by atoms with Crippen LogP contribution in [0, 0.1) is 0 Å². The summed E-state index contributed by atoms with van der Waals surface area (Å²) in [5, 5.41) is 10.5. The fourth-order valence-electron chi connectivity index (χ4n) is 2.36. The molecule has 3 aromatic rings. The molecule has 0 unspecified atom stereocenters. The topological polar surface area (TPSA) is 93.4 Å². The number of rotatable bonds is 5. The number of hydrogen-bond donors (Lipinski definition) is 1. The fourth-order valence-corrected chi connectivity index (χ4v) is 3.91. The van der Waals surface area contributed by atoms with E-state index in [2.05, 4.69) is 15.5 Å². The van der Waals surface area contributed by atoms with Gasteiger partial charge < -0.3 is 5.32 Å². The Morgan fingerprint density at radius 3 is 2.68 bits per heavy atom. The van der Waals surface area contributed by atoms with Gasteiger partial charge in [0.1, 0.15) is 0 Å². The highest BCUT2D eigenvalue weighted by molar-refractivity contribution is 7.91. The molecule has 130 valence electrons. The Morgan fingerprint density at radius 1 is 1.20 bits per heavy atom. The van der Waals surface area contributed by atoms with Crippen LogP contribution in [0.15, 0.2) is 47.8 Å². The van der Waals surface area contributed by atoms with E-state index in [1.165, 1.54) is 10.6 Å². The third kappa shape index (κ3) is 3.49. The van der Waals surface area contributed by atoms with Crippen molar-refractivity contribution >= 4 is 38.7 Å². The highest BCUT2D eigenvalue weighted by Gasteiger charge is 2.21. The van der Waals surface area contributed by atoms with E-state index in [-0.39, 0.29) is 10.9 Å². The number of anilines is 1. The molecule has 3 rings (SSSR count). The summed E-state index contributed by atoms with van der Waals surface area (Å²) in [5.74, 6) is -0.416. The first-order valence-corrected chi connectivity index (χ1v) is 9.59. The number of nitrogens with zero attached hydrogens (tertiary/aromatic N) is 3. The van der Waals surface area contributed by atoms with E-state index in [9.17, 15) is 13.2 Å². The van der Waals surface area contributed by atoms with Crippen LogP contribution in [-0.2, 0) is 9.84 Å². The highest BCUT2D eigenvalue weighted by atomic mass is 35.5. The molecule has 0 saturated carbocycles. The summed E-state index contributed by atoms with van der Waals surface area (Å²) in [6, 6.07) is 9.86. The maximum absolute atomic E-state index is 12.3. The second-order valence-electron chi connectivity index (χ2n) is 5.38. The van der Waals surface area contributed by atoms with Crippen LogP contribution >= 0.6 is 11.6 Å². The van der Waals surface area contributed by atoms with Crippen LogP contribution in [0.1, 0.15) is 23.7 Å². The molecule has 1 N–H and O–H groups in total. The predicted molar refractivity (Wildman–Crippen MR) is 94.7 cm³/mol. The monoisotopic (exact) mass is 378 g/mol. The summed E-state index contributed by atoms with van der Waals surface area (Å²) in [6.45, 7) is 1.77. The van der Waals surface area contributed by atoms with E-state index in [0.717, 1.165) is 0 Å². The summed E-state index contributed by atoms with van der Waals surface area (Å²) < 4.78 is 25.9. The summed E-state index contributed by atoms with van der Waals surface area (Å²) in [5.41, 5.74) is 1.11. The standard InChI is InChI=1S/C16H15ClN4O3S/c1-2-9-25(23,24)16-20-19-14-8-7-11(10-21(14)16)18-15(22)12-5-3-4-6-13(12)17/h3-8,10H,2,9H2,1H3,(H,18,22).